The highest BCUT2D eigenvalue weighted by molar-refractivity contribution is 6.54. The molecule has 3 aliphatic rings. The lowest BCUT2D eigenvalue weighted by Crippen LogP contribution is -2.36. The summed E-state index contributed by atoms with van der Waals surface area (Å²) in [5.74, 6) is 1.29. The lowest BCUT2D eigenvalue weighted by Gasteiger charge is -2.27. The highest BCUT2D eigenvalue weighted by atomic mass is 35.5. The zero-order valence-corrected chi connectivity index (χ0v) is 11.9. The Morgan fingerprint density at radius 3 is 2.75 bits per heavy atom. The highest BCUT2D eigenvalue weighted by Crippen LogP contribution is 2.49. The van der Waals surface area contributed by atoms with Gasteiger partial charge in [0, 0.05) is 6.54 Å². The van der Waals surface area contributed by atoms with Crippen molar-refractivity contribution < 1.29 is 9.59 Å². The predicted octanol–water partition coefficient (Wildman–Crippen LogP) is 3.31. The number of amides is 1. The van der Waals surface area contributed by atoms with E-state index in [9.17, 15) is 9.59 Å². The van der Waals surface area contributed by atoms with Crippen LogP contribution in [0.2, 0.25) is 5.02 Å². The fourth-order valence-corrected chi connectivity index (χ4v) is 4.60. The first-order valence-corrected chi connectivity index (χ1v) is 7.67. The summed E-state index contributed by atoms with van der Waals surface area (Å²) in [6.07, 6.45) is 5.12. The average molecular weight is 290 g/mol. The predicted molar refractivity (Wildman–Crippen MR) is 77.1 cm³/mol. The van der Waals surface area contributed by atoms with Crippen LogP contribution >= 0.6 is 11.6 Å². The first-order chi connectivity index (χ1) is 9.65. The third kappa shape index (κ3) is 1.65. The minimum absolute atomic E-state index is 0.407. The van der Waals surface area contributed by atoms with Crippen LogP contribution in [0.4, 0.5) is 5.69 Å². The largest absolute Gasteiger partial charge is 0.303 e. The van der Waals surface area contributed by atoms with Gasteiger partial charge in [-0.05, 0) is 49.1 Å². The van der Waals surface area contributed by atoms with Crippen LogP contribution in [0.1, 0.15) is 36.0 Å². The van der Waals surface area contributed by atoms with Gasteiger partial charge in [0.2, 0.25) is 0 Å². The standard InChI is InChI=1S/C16H16ClNO2/c17-13-3-1-2-12-14(13)18(16(20)15(12)19)8-11-7-9-4-5-10(11)6-9/h1-3,9-11H,4-8H2. The van der Waals surface area contributed by atoms with Crippen molar-refractivity contribution in [2.24, 2.45) is 17.8 Å². The second-order valence-electron chi connectivity index (χ2n) is 6.32. The van der Waals surface area contributed by atoms with Crippen molar-refractivity contribution in [1.82, 2.24) is 0 Å². The van der Waals surface area contributed by atoms with Crippen LogP contribution in [-0.2, 0) is 4.79 Å². The van der Waals surface area contributed by atoms with Crippen molar-refractivity contribution in [3.63, 3.8) is 0 Å². The summed E-state index contributed by atoms with van der Waals surface area (Å²) >= 11 is 6.21. The molecule has 3 nitrogen and oxygen atoms in total. The van der Waals surface area contributed by atoms with Gasteiger partial charge < -0.3 is 4.90 Å². The number of carbonyl (C=O) groups is 2. The molecule has 1 aliphatic heterocycles. The number of Topliss-reactive ketones (excluding diaryl/α,β-unsaturated/α-hetero) is 1. The Bertz CT molecular complexity index is 612. The summed E-state index contributed by atoms with van der Waals surface area (Å²) in [5, 5.41) is 0.504. The summed E-state index contributed by atoms with van der Waals surface area (Å²) in [5.41, 5.74) is 1.09. The average Bonchev–Trinajstić information content (AvgIpc) is 3.10. The molecule has 104 valence electrons. The molecule has 1 heterocycles. The number of rotatable bonds is 2. The van der Waals surface area contributed by atoms with E-state index < -0.39 is 11.7 Å². The second kappa shape index (κ2) is 4.32. The van der Waals surface area contributed by atoms with Gasteiger partial charge >= 0.3 is 0 Å². The van der Waals surface area contributed by atoms with Crippen LogP contribution in [0.25, 0.3) is 0 Å². The molecule has 0 radical (unpaired) electrons. The number of hydrogen-bond acceptors (Lipinski definition) is 2. The first-order valence-electron chi connectivity index (χ1n) is 7.30. The minimum Gasteiger partial charge on any atom is -0.303 e. The molecular weight excluding hydrogens is 274 g/mol. The molecule has 0 spiro atoms. The monoisotopic (exact) mass is 289 g/mol. The van der Waals surface area contributed by atoms with E-state index in [0.29, 0.717) is 28.7 Å². The molecule has 0 aromatic heterocycles. The molecule has 1 aromatic rings. The Balaban J connectivity index is 1.66. The SMILES string of the molecule is O=C1C(=O)N(CC2CC3CCC2C3)c2c(Cl)cccc21. The molecule has 2 aliphatic carbocycles. The van der Waals surface area contributed by atoms with Gasteiger partial charge in [0.05, 0.1) is 16.3 Å². The summed E-state index contributed by atoms with van der Waals surface area (Å²) in [7, 11) is 0. The summed E-state index contributed by atoms with van der Waals surface area (Å²) in [4.78, 5) is 25.9. The molecule has 3 unspecified atom stereocenters. The molecule has 2 bridgehead atoms. The molecule has 20 heavy (non-hydrogen) atoms. The van der Waals surface area contributed by atoms with Crippen LogP contribution in [0.3, 0.4) is 0 Å². The highest BCUT2D eigenvalue weighted by Gasteiger charge is 2.44. The van der Waals surface area contributed by atoms with E-state index >= 15 is 0 Å². The summed E-state index contributed by atoms with van der Waals surface area (Å²) < 4.78 is 0. The third-order valence-electron chi connectivity index (χ3n) is 5.24. The normalized spacial score (nSPS) is 31.2. The number of nitrogens with zero attached hydrogens (tertiary/aromatic N) is 1. The molecule has 0 N–H and O–H groups in total. The molecule has 3 atom stereocenters. The van der Waals surface area contributed by atoms with Gasteiger partial charge in [0.25, 0.3) is 11.7 Å². The van der Waals surface area contributed by atoms with Gasteiger partial charge in [0.15, 0.2) is 0 Å². The minimum atomic E-state index is -0.411. The lowest BCUT2D eigenvalue weighted by atomic mass is 9.88. The van der Waals surface area contributed by atoms with Gasteiger partial charge in [-0.15, -0.1) is 0 Å². The maximum atomic E-state index is 12.2. The van der Waals surface area contributed by atoms with Crippen LogP contribution in [0, 0.1) is 17.8 Å². The van der Waals surface area contributed by atoms with Crippen molar-refractivity contribution >= 4 is 29.0 Å². The first kappa shape index (κ1) is 12.4. The molecule has 0 saturated heterocycles. The quantitative estimate of drug-likeness (QED) is 0.783. The maximum absolute atomic E-state index is 12.2. The van der Waals surface area contributed by atoms with Crippen molar-refractivity contribution in [1.29, 1.82) is 0 Å². The zero-order valence-electron chi connectivity index (χ0n) is 11.1. The van der Waals surface area contributed by atoms with Gasteiger partial charge in [-0.1, -0.05) is 24.1 Å². The molecule has 1 aromatic carbocycles. The zero-order chi connectivity index (χ0) is 13.9. The Morgan fingerprint density at radius 1 is 1.20 bits per heavy atom. The topological polar surface area (TPSA) is 37.4 Å². The van der Waals surface area contributed by atoms with E-state index in [2.05, 4.69) is 0 Å². The van der Waals surface area contributed by atoms with Crippen LogP contribution in [0.15, 0.2) is 18.2 Å². The summed E-state index contributed by atoms with van der Waals surface area (Å²) in [6.45, 7) is 0.655. The van der Waals surface area contributed by atoms with Crippen molar-refractivity contribution in [3.05, 3.63) is 28.8 Å². The number of ketones is 1. The van der Waals surface area contributed by atoms with E-state index in [1.807, 2.05) is 0 Å². The summed E-state index contributed by atoms with van der Waals surface area (Å²) in [6, 6.07) is 5.18. The van der Waals surface area contributed by atoms with Crippen molar-refractivity contribution in [3.8, 4) is 0 Å². The lowest BCUT2D eigenvalue weighted by molar-refractivity contribution is -0.114. The molecule has 4 heteroatoms. The number of halogens is 1. The number of benzene rings is 1. The smallest absolute Gasteiger partial charge is 0.299 e. The van der Waals surface area contributed by atoms with Crippen LogP contribution < -0.4 is 4.90 Å². The van der Waals surface area contributed by atoms with Crippen molar-refractivity contribution in [2.45, 2.75) is 25.7 Å². The Labute approximate surface area is 122 Å². The van der Waals surface area contributed by atoms with E-state index in [0.717, 1.165) is 11.8 Å². The molecule has 4 rings (SSSR count). The molecule has 1 amide bonds. The van der Waals surface area contributed by atoms with Crippen LogP contribution in [0.5, 0.6) is 0 Å². The number of anilines is 1. The Kier molecular flexibility index (Phi) is 2.68. The van der Waals surface area contributed by atoms with E-state index in [4.69, 9.17) is 11.6 Å². The Hall–Kier alpha value is -1.35. The second-order valence-corrected chi connectivity index (χ2v) is 6.72. The van der Waals surface area contributed by atoms with Crippen LogP contribution in [-0.4, -0.2) is 18.2 Å². The van der Waals surface area contributed by atoms with Gasteiger partial charge in [-0.3, -0.25) is 9.59 Å². The van der Waals surface area contributed by atoms with E-state index in [1.54, 1.807) is 23.1 Å². The van der Waals surface area contributed by atoms with E-state index in [-0.39, 0.29) is 0 Å². The molecule has 2 saturated carbocycles. The molecular formula is C16H16ClNO2. The molecule has 2 fully saturated rings. The Morgan fingerprint density at radius 2 is 2.05 bits per heavy atom. The fourth-order valence-electron chi connectivity index (χ4n) is 4.32. The number of fused-ring (bicyclic) bond motifs is 3. The van der Waals surface area contributed by atoms with Gasteiger partial charge in [-0.2, -0.15) is 0 Å². The van der Waals surface area contributed by atoms with Gasteiger partial charge in [-0.25, -0.2) is 0 Å². The third-order valence-corrected chi connectivity index (χ3v) is 5.55. The fraction of sp³-hybridized carbons (Fsp3) is 0.500. The van der Waals surface area contributed by atoms with E-state index in [1.165, 1.54) is 25.7 Å². The number of para-hydroxylation sites is 1. The van der Waals surface area contributed by atoms with Gasteiger partial charge in [0.1, 0.15) is 0 Å². The van der Waals surface area contributed by atoms with Crippen molar-refractivity contribution in [2.75, 3.05) is 11.4 Å². The number of carbonyl (C=O) groups excluding carboxylic acids is 2. The number of hydrogen-bond donors (Lipinski definition) is 0. The maximum Gasteiger partial charge on any atom is 0.299 e.